The number of hydrogen-bond acceptors (Lipinski definition) is 8. The van der Waals surface area contributed by atoms with Crippen LogP contribution in [0.5, 0.6) is 0 Å². The third-order valence-corrected chi connectivity index (χ3v) is 7.42. The van der Waals surface area contributed by atoms with Crippen LogP contribution in [0.1, 0.15) is 59.2 Å². The fraction of sp³-hybridized carbons (Fsp3) is 0.400. The fourth-order valence-electron chi connectivity index (χ4n) is 5.59. The van der Waals surface area contributed by atoms with Crippen molar-refractivity contribution in [1.82, 2.24) is 9.55 Å². The Kier molecular flexibility index (Phi) is 5.79. The molecule has 1 aliphatic carbocycles. The molecular weight excluding hydrogens is 505 g/mol. The predicted molar refractivity (Wildman–Crippen MR) is 132 cm³/mol. The summed E-state index contributed by atoms with van der Waals surface area (Å²) in [7, 11) is -3.67. The van der Waals surface area contributed by atoms with E-state index in [0.717, 1.165) is 22.1 Å². The van der Waals surface area contributed by atoms with Crippen LogP contribution in [-0.2, 0) is 44.8 Å². The van der Waals surface area contributed by atoms with Crippen LogP contribution in [0, 0.1) is 12.7 Å². The number of cyclic esters (lactones) is 1. The first-order valence-corrected chi connectivity index (χ1v) is 13.6. The highest BCUT2D eigenvalue weighted by Gasteiger charge is 2.45. The van der Waals surface area contributed by atoms with Gasteiger partial charge in [-0.1, -0.05) is 6.92 Å². The summed E-state index contributed by atoms with van der Waals surface area (Å²) < 4.78 is 47.2. The molecule has 12 heteroatoms. The first-order chi connectivity index (χ1) is 17.3. The van der Waals surface area contributed by atoms with Gasteiger partial charge in [0.15, 0.2) is 5.60 Å². The van der Waals surface area contributed by atoms with Crippen LogP contribution in [0.15, 0.2) is 16.9 Å². The zero-order chi connectivity index (χ0) is 27.0. The molecule has 3 aliphatic rings. The Morgan fingerprint density at radius 2 is 1.95 bits per heavy atom. The maximum Gasteiger partial charge on any atom is 0.343 e. The summed E-state index contributed by atoms with van der Waals surface area (Å²) in [5.74, 6) is -1.08. The number of benzene rings is 1. The van der Waals surface area contributed by atoms with Crippen LogP contribution in [-0.4, -0.2) is 39.9 Å². The van der Waals surface area contributed by atoms with Gasteiger partial charge in [-0.25, -0.2) is 14.2 Å². The average molecular weight is 532 g/mol. The fourth-order valence-corrected chi connectivity index (χ4v) is 5.59. The van der Waals surface area contributed by atoms with Gasteiger partial charge < -0.3 is 20.1 Å². The molecule has 2 atom stereocenters. The van der Waals surface area contributed by atoms with Crippen molar-refractivity contribution in [2.24, 2.45) is 5.73 Å². The van der Waals surface area contributed by atoms with E-state index in [0.29, 0.717) is 41.6 Å². The lowest BCUT2D eigenvalue weighted by Gasteiger charge is -2.31. The molecule has 0 fully saturated rings. The van der Waals surface area contributed by atoms with Crippen molar-refractivity contribution in [3.05, 3.63) is 61.7 Å². The van der Waals surface area contributed by atoms with Crippen molar-refractivity contribution in [1.29, 1.82) is 0 Å². The molecule has 1 aromatic carbocycles. The Balaban J connectivity index is 0.000000514. The second-order valence-electron chi connectivity index (χ2n) is 9.69. The number of halogens is 1. The minimum Gasteiger partial charge on any atom is -0.458 e. The summed E-state index contributed by atoms with van der Waals surface area (Å²) in [6.07, 6.45) is 2.15. The Hall–Kier alpha value is -3.19. The molecule has 4 N–H and O–H groups in total. The molecule has 2 aromatic heterocycles. The molecule has 0 amide bonds. The number of rotatable bonds is 1. The van der Waals surface area contributed by atoms with Gasteiger partial charge in [0.05, 0.1) is 35.3 Å². The highest BCUT2D eigenvalue weighted by Crippen LogP contribution is 2.45. The quantitative estimate of drug-likeness (QED) is 0.246. The van der Waals surface area contributed by atoms with Crippen LogP contribution in [0.4, 0.5) is 4.39 Å². The number of ether oxygens (including phenoxy) is 1. The zero-order valence-electron chi connectivity index (χ0n) is 20.5. The van der Waals surface area contributed by atoms with Gasteiger partial charge in [-0.3, -0.25) is 9.35 Å². The van der Waals surface area contributed by atoms with Gasteiger partial charge in [0.25, 0.3) is 15.7 Å². The van der Waals surface area contributed by atoms with Gasteiger partial charge in [-0.15, -0.1) is 0 Å². The van der Waals surface area contributed by atoms with Crippen LogP contribution >= 0.6 is 0 Å². The Morgan fingerprint density at radius 1 is 1.27 bits per heavy atom. The van der Waals surface area contributed by atoms with Crippen molar-refractivity contribution >= 4 is 27.0 Å². The lowest BCUT2D eigenvalue weighted by molar-refractivity contribution is -0.172. The van der Waals surface area contributed by atoms with E-state index in [1.807, 2.05) is 0 Å². The second-order valence-corrected chi connectivity index (χ2v) is 11.2. The van der Waals surface area contributed by atoms with Crippen LogP contribution in [0.2, 0.25) is 0 Å². The number of aromatic nitrogens is 2. The summed E-state index contributed by atoms with van der Waals surface area (Å²) in [6, 6.07) is 2.84. The molecule has 0 spiro atoms. The molecule has 0 bridgehead atoms. The normalized spacial score (nSPS) is 21.5. The van der Waals surface area contributed by atoms with Crippen LogP contribution in [0.3, 0.4) is 0 Å². The second kappa shape index (κ2) is 8.42. The first kappa shape index (κ1) is 25.5. The molecule has 0 saturated heterocycles. The number of esters is 1. The van der Waals surface area contributed by atoms with E-state index in [9.17, 15) is 27.5 Å². The van der Waals surface area contributed by atoms with E-state index in [1.54, 1.807) is 24.5 Å². The van der Waals surface area contributed by atoms with Crippen molar-refractivity contribution in [3.8, 4) is 11.4 Å². The van der Waals surface area contributed by atoms with E-state index in [-0.39, 0.29) is 48.1 Å². The van der Waals surface area contributed by atoms with Gasteiger partial charge in [0.1, 0.15) is 12.4 Å². The summed E-state index contributed by atoms with van der Waals surface area (Å²) in [6.45, 7) is 3.55. The number of hydrogen-bond donors (Lipinski definition) is 3. The molecule has 0 radical (unpaired) electrons. The number of carbonyl (C=O) groups is 1. The third-order valence-electron chi connectivity index (χ3n) is 7.42. The average Bonchev–Trinajstić information content (AvgIpc) is 3.18. The van der Waals surface area contributed by atoms with Gasteiger partial charge in [-0.05, 0) is 48.9 Å². The SMILES string of the molecule is CCC1(O)C(=O)OCc2c1cc1n(c2=O)Cc2c-1nc1cc(F)c(C)c3c1c2C(N)CC3.CS(=O)(=O)O. The van der Waals surface area contributed by atoms with Crippen molar-refractivity contribution in [3.63, 3.8) is 0 Å². The molecule has 10 nitrogen and oxygen atoms in total. The highest BCUT2D eigenvalue weighted by molar-refractivity contribution is 7.85. The Labute approximate surface area is 211 Å². The van der Waals surface area contributed by atoms with E-state index >= 15 is 0 Å². The smallest absolute Gasteiger partial charge is 0.343 e. The maximum atomic E-state index is 14.7. The predicted octanol–water partition coefficient (Wildman–Crippen LogP) is 1.98. The monoisotopic (exact) mass is 531 g/mol. The van der Waals surface area contributed by atoms with E-state index in [4.69, 9.17) is 20.0 Å². The van der Waals surface area contributed by atoms with E-state index in [1.165, 1.54) is 6.07 Å². The van der Waals surface area contributed by atoms with Crippen molar-refractivity contribution in [2.45, 2.75) is 57.9 Å². The summed E-state index contributed by atoms with van der Waals surface area (Å²) in [5.41, 5.74) is 9.72. The summed E-state index contributed by atoms with van der Waals surface area (Å²) >= 11 is 0. The molecular formula is C25H26FN3O7S. The summed E-state index contributed by atoms with van der Waals surface area (Å²) in [4.78, 5) is 30.5. The molecule has 37 heavy (non-hydrogen) atoms. The minimum absolute atomic E-state index is 0.0731. The largest absolute Gasteiger partial charge is 0.458 e. The van der Waals surface area contributed by atoms with Crippen LogP contribution in [0.25, 0.3) is 22.3 Å². The van der Waals surface area contributed by atoms with E-state index < -0.39 is 21.7 Å². The number of nitrogens with zero attached hydrogens (tertiary/aromatic N) is 2. The van der Waals surface area contributed by atoms with Crippen molar-refractivity contribution in [2.75, 3.05) is 6.26 Å². The van der Waals surface area contributed by atoms with Gasteiger partial charge in [0, 0.05) is 28.6 Å². The number of pyridine rings is 2. The van der Waals surface area contributed by atoms with Gasteiger partial charge in [0.2, 0.25) is 0 Å². The highest BCUT2D eigenvalue weighted by atomic mass is 32.2. The van der Waals surface area contributed by atoms with Crippen LogP contribution < -0.4 is 11.3 Å². The molecule has 3 aromatic rings. The maximum absolute atomic E-state index is 14.7. The molecule has 196 valence electrons. The molecule has 2 unspecified atom stereocenters. The Morgan fingerprint density at radius 3 is 2.59 bits per heavy atom. The lowest BCUT2D eigenvalue weighted by atomic mass is 9.82. The zero-order valence-corrected chi connectivity index (χ0v) is 21.3. The molecule has 4 heterocycles. The molecule has 0 saturated carbocycles. The van der Waals surface area contributed by atoms with E-state index in [2.05, 4.69) is 0 Å². The lowest BCUT2D eigenvalue weighted by Crippen LogP contribution is -2.44. The minimum atomic E-state index is -3.67. The first-order valence-electron chi connectivity index (χ1n) is 11.8. The number of aryl methyl sites for hydroxylation is 1. The number of fused-ring (bicyclic) bond motifs is 5. The number of nitrogens with two attached hydrogens (primary N) is 1. The van der Waals surface area contributed by atoms with Gasteiger partial charge in [-0.2, -0.15) is 8.42 Å². The Bertz CT molecular complexity index is 1670. The van der Waals surface area contributed by atoms with Crippen molar-refractivity contribution < 1.29 is 32.0 Å². The standard InChI is InChI=1S/C24H22FN3O4.CH4O3S/c1-3-24(31)14-6-18-21-12(8-28(18)22(29)13(14)9-32-23(24)30)19-16(26)5-4-11-10(2)15(25)7-17(27-21)20(11)19;1-5(2,3)4/h6-7,16,31H,3-5,8-9,26H2,1-2H3;1H3,(H,2,3,4). The molecule has 6 rings (SSSR count). The molecule has 2 aliphatic heterocycles. The number of carbonyl (C=O) groups excluding carboxylic acids is 1. The summed E-state index contributed by atoms with van der Waals surface area (Å²) in [5, 5.41) is 11.9. The number of aliphatic hydroxyl groups is 1. The topological polar surface area (TPSA) is 162 Å². The third kappa shape index (κ3) is 3.86. The van der Waals surface area contributed by atoms with Gasteiger partial charge >= 0.3 is 5.97 Å².